The first-order valence-electron chi connectivity index (χ1n) is 8.95. The lowest BCUT2D eigenvalue weighted by Crippen LogP contribution is -2.14. The number of benzene rings is 1. The molecule has 0 fully saturated rings. The molecule has 29 heavy (non-hydrogen) atoms. The molecule has 0 aliphatic heterocycles. The molecule has 0 saturated heterocycles. The third kappa shape index (κ3) is 3.07. The third-order valence-electron chi connectivity index (χ3n) is 4.92. The molecule has 4 aromatic rings. The zero-order valence-electron chi connectivity index (χ0n) is 15.6. The van der Waals surface area contributed by atoms with E-state index in [9.17, 15) is 15.2 Å². The van der Waals surface area contributed by atoms with Crippen LogP contribution in [0.2, 0.25) is 0 Å². The summed E-state index contributed by atoms with van der Waals surface area (Å²) in [5, 5.41) is 19.9. The number of anilines is 1. The Hall–Kier alpha value is -4.18. The summed E-state index contributed by atoms with van der Waals surface area (Å²) >= 11 is 0. The number of hydrogen-bond donors (Lipinski definition) is 2. The second kappa shape index (κ2) is 7.09. The number of carbonyl (C=O) groups is 1. The first kappa shape index (κ1) is 18.2. The summed E-state index contributed by atoms with van der Waals surface area (Å²) in [7, 11) is 0. The normalized spacial score (nSPS) is 11.9. The number of fused-ring (bicyclic) bond motifs is 1. The van der Waals surface area contributed by atoms with Gasteiger partial charge in [0.1, 0.15) is 23.5 Å². The van der Waals surface area contributed by atoms with Gasteiger partial charge in [0.25, 0.3) is 0 Å². The van der Waals surface area contributed by atoms with Crippen LogP contribution in [0.1, 0.15) is 18.5 Å². The van der Waals surface area contributed by atoms with E-state index in [0.29, 0.717) is 11.3 Å². The second-order valence-electron chi connectivity index (χ2n) is 6.65. The van der Waals surface area contributed by atoms with Crippen LogP contribution in [0.5, 0.6) is 0 Å². The van der Waals surface area contributed by atoms with Crippen molar-refractivity contribution >= 4 is 22.7 Å². The quantitative estimate of drug-likeness (QED) is 0.552. The maximum absolute atomic E-state index is 11.6. The fraction of sp³-hybridized carbons (Fsp3) is 0.0909. The predicted molar refractivity (Wildman–Crippen MR) is 110 cm³/mol. The summed E-state index contributed by atoms with van der Waals surface area (Å²) in [4.78, 5) is 20.1. The zero-order valence-corrected chi connectivity index (χ0v) is 15.6. The fourth-order valence-corrected chi connectivity index (χ4v) is 3.42. The minimum absolute atomic E-state index is 0.118. The van der Waals surface area contributed by atoms with E-state index in [1.54, 1.807) is 42.2 Å². The molecule has 142 valence electrons. The molecule has 7 nitrogen and oxygen atoms in total. The van der Waals surface area contributed by atoms with Crippen LogP contribution in [0.25, 0.3) is 33.3 Å². The smallest absolute Gasteiger partial charge is 0.326 e. The Morgan fingerprint density at radius 1 is 1.24 bits per heavy atom. The number of aliphatic carboxylic acids is 1. The second-order valence-corrected chi connectivity index (χ2v) is 6.65. The van der Waals surface area contributed by atoms with Crippen molar-refractivity contribution in [2.45, 2.75) is 13.0 Å². The number of carboxylic acid groups (broad SMARTS) is 1. The molecule has 7 heteroatoms. The number of rotatable bonds is 4. The van der Waals surface area contributed by atoms with Gasteiger partial charge >= 0.3 is 5.97 Å². The molecule has 0 bridgehead atoms. The molecular formula is C22H17N5O2. The maximum Gasteiger partial charge on any atom is 0.326 e. The van der Waals surface area contributed by atoms with E-state index in [4.69, 9.17) is 5.73 Å². The molecule has 4 rings (SSSR count). The first-order chi connectivity index (χ1) is 14.0. The number of nitrogens with two attached hydrogens (primary N) is 1. The molecular weight excluding hydrogens is 366 g/mol. The maximum atomic E-state index is 11.6. The Labute approximate surface area is 166 Å². The lowest BCUT2D eigenvalue weighted by molar-refractivity contribution is -0.140. The van der Waals surface area contributed by atoms with Crippen LogP contribution >= 0.6 is 0 Å². The van der Waals surface area contributed by atoms with E-state index < -0.39 is 12.0 Å². The number of hydrogen-bond acceptors (Lipinski definition) is 5. The predicted octanol–water partition coefficient (Wildman–Crippen LogP) is 3.86. The zero-order chi connectivity index (χ0) is 20.5. The summed E-state index contributed by atoms with van der Waals surface area (Å²) in [6.45, 7) is 1.63. The standard InChI is InChI=1S/C22H17N5O2/c1-13(22(28)29)27-12-18(15-6-2-3-7-20(15)27)19-9-16(14-5-4-8-25-11-14)17(10-23)21(24)26-19/h2-9,11-13H,1H3,(H2,24,26)(H,28,29). The van der Waals surface area contributed by atoms with Gasteiger partial charge < -0.3 is 15.4 Å². The fourth-order valence-electron chi connectivity index (χ4n) is 3.42. The summed E-state index contributed by atoms with van der Waals surface area (Å²) < 4.78 is 1.70. The summed E-state index contributed by atoms with van der Waals surface area (Å²) in [5.41, 5.74) is 9.87. The molecule has 3 aromatic heterocycles. The van der Waals surface area contributed by atoms with Crippen LogP contribution in [0.3, 0.4) is 0 Å². The number of para-hydroxylation sites is 1. The molecule has 0 aliphatic carbocycles. The molecule has 0 radical (unpaired) electrons. The van der Waals surface area contributed by atoms with Crippen molar-refractivity contribution < 1.29 is 9.90 Å². The topological polar surface area (TPSA) is 118 Å². The van der Waals surface area contributed by atoms with Crippen LogP contribution in [0.4, 0.5) is 5.82 Å². The summed E-state index contributed by atoms with van der Waals surface area (Å²) in [6, 6.07) is 14.3. The highest BCUT2D eigenvalue weighted by molar-refractivity contribution is 5.97. The van der Waals surface area contributed by atoms with E-state index >= 15 is 0 Å². The van der Waals surface area contributed by atoms with Crippen molar-refractivity contribution in [1.29, 1.82) is 5.26 Å². The number of nitrogen functional groups attached to an aromatic ring is 1. The lowest BCUT2D eigenvalue weighted by atomic mass is 9.99. The van der Waals surface area contributed by atoms with Gasteiger partial charge in [0.05, 0.1) is 5.69 Å². The minimum Gasteiger partial charge on any atom is -0.480 e. The highest BCUT2D eigenvalue weighted by atomic mass is 16.4. The van der Waals surface area contributed by atoms with Crippen molar-refractivity contribution in [2.75, 3.05) is 5.73 Å². The van der Waals surface area contributed by atoms with Crippen LogP contribution in [0.15, 0.2) is 61.1 Å². The van der Waals surface area contributed by atoms with Crippen LogP contribution in [-0.2, 0) is 4.79 Å². The highest BCUT2D eigenvalue weighted by Crippen LogP contribution is 2.36. The summed E-state index contributed by atoms with van der Waals surface area (Å²) in [5.74, 6) is -0.812. The van der Waals surface area contributed by atoms with Gasteiger partial charge in [-0.3, -0.25) is 4.98 Å². The van der Waals surface area contributed by atoms with Crippen LogP contribution in [-0.4, -0.2) is 25.6 Å². The molecule has 1 unspecified atom stereocenters. The van der Waals surface area contributed by atoms with Crippen molar-refractivity contribution in [3.63, 3.8) is 0 Å². The van der Waals surface area contributed by atoms with Crippen molar-refractivity contribution in [3.8, 4) is 28.5 Å². The Kier molecular flexibility index (Phi) is 4.45. The van der Waals surface area contributed by atoms with Gasteiger partial charge in [-0.15, -0.1) is 0 Å². The highest BCUT2D eigenvalue weighted by Gasteiger charge is 2.21. The van der Waals surface area contributed by atoms with Gasteiger partial charge in [-0.2, -0.15) is 5.26 Å². The van der Waals surface area contributed by atoms with Gasteiger partial charge in [-0.1, -0.05) is 24.3 Å². The average molecular weight is 383 g/mol. The molecule has 3 heterocycles. The number of nitriles is 1. The van der Waals surface area contributed by atoms with Gasteiger partial charge in [0.2, 0.25) is 0 Å². The van der Waals surface area contributed by atoms with E-state index in [0.717, 1.165) is 22.0 Å². The first-order valence-corrected chi connectivity index (χ1v) is 8.95. The van der Waals surface area contributed by atoms with E-state index in [2.05, 4.69) is 16.0 Å². The van der Waals surface area contributed by atoms with Gasteiger partial charge in [0.15, 0.2) is 0 Å². The Morgan fingerprint density at radius 3 is 2.72 bits per heavy atom. The van der Waals surface area contributed by atoms with Gasteiger partial charge in [-0.05, 0) is 25.1 Å². The molecule has 0 saturated carbocycles. The monoisotopic (exact) mass is 383 g/mol. The van der Waals surface area contributed by atoms with E-state index in [1.165, 1.54) is 0 Å². The number of nitrogens with zero attached hydrogens (tertiary/aromatic N) is 4. The number of pyridine rings is 2. The van der Waals surface area contributed by atoms with E-state index in [-0.39, 0.29) is 11.4 Å². The number of carboxylic acids is 1. The lowest BCUT2D eigenvalue weighted by Gasteiger charge is -2.10. The van der Waals surface area contributed by atoms with Crippen molar-refractivity contribution in [2.24, 2.45) is 0 Å². The van der Waals surface area contributed by atoms with E-state index in [1.807, 2.05) is 30.3 Å². The SMILES string of the molecule is CC(C(=O)O)n1cc(-c2cc(-c3cccnc3)c(C#N)c(N)n2)c2ccccc21. The molecule has 0 spiro atoms. The third-order valence-corrected chi connectivity index (χ3v) is 4.92. The largest absolute Gasteiger partial charge is 0.480 e. The van der Waals surface area contributed by atoms with Crippen molar-refractivity contribution in [1.82, 2.24) is 14.5 Å². The average Bonchev–Trinajstić information content (AvgIpc) is 3.13. The van der Waals surface area contributed by atoms with Crippen LogP contribution < -0.4 is 5.73 Å². The molecule has 1 atom stereocenters. The van der Waals surface area contributed by atoms with Crippen LogP contribution in [0, 0.1) is 11.3 Å². The van der Waals surface area contributed by atoms with Gasteiger partial charge in [-0.25, -0.2) is 9.78 Å². The van der Waals surface area contributed by atoms with Crippen molar-refractivity contribution in [3.05, 3.63) is 66.6 Å². The molecule has 0 amide bonds. The Balaban J connectivity index is 1.99. The minimum atomic E-state index is -0.930. The summed E-state index contributed by atoms with van der Waals surface area (Å²) in [6.07, 6.45) is 5.08. The Morgan fingerprint density at radius 2 is 2.03 bits per heavy atom. The molecule has 1 aromatic carbocycles. The van der Waals surface area contributed by atoms with Gasteiger partial charge in [0, 0.05) is 46.2 Å². The number of aromatic nitrogens is 3. The molecule has 0 aliphatic rings. The Bertz CT molecular complexity index is 1270. The molecule has 3 N–H and O–H groups in total.